The summed E-state index contributed by atoms with van der Waals surface area (Å²) in [6, 6.07) is 19.6. The minimum Gasteiger partial charge on any atom is -0.306 e. The van der Waals surface area contributed by atoms with Crippen molar-refractivity contribution in [3.63, 3.8) is 0 Å². The molecule has 1 aromatic heterocycles. The van der Waals surface area contributed by atoms with E-state index in [2.05, 4.69) is 11.1 Å². The van der Waals surface area contributed by atoms with Crippen molar-refractivity contribution in [1.29, 1.82) is 5.26 Å². The van der Waals surface area contributed by atoms with Gasteiger partial charge in [0.2, 0.25) is 0 Å². The number of nitriles is 1. The zero-order valence-electron chi connectivity index (χ0n) is 10.2. The second-order valence-electron chi connectivity index (χ2n) is 4.19. The molecule has 2 aromatic carbocycles. The number of imidazole rings is 1. The van der Waals surface area contributed by atoms with Crippen LogP contribution in [0.5, 0.6) is 0 Å². The molecule has 0 bridgehead atoms. The molecule has 3 heteroatoms. The van der Waals surface area contributed by atoms with Crippen molar-refractivity contribution in [2.24, 2.45) is 0 Å². The van der Waals surface area contributed by atoms with Crippen molar-refractivity contribution < 1.29 is 0 Å². The van der Waals surface area contributed by atoms with Crippen LogP contribution in [0.15, 0.2) is 67.1 Å². The lowest BCUT2D eigenvalue weighted by atomic mass is 10.2. The van der Waals surface area contributed by atoms with Crippen molar-refractivity contribution >= 4 is 0 Å². The van der Waals surface area contributed by atoms with Gasteiger partial charge in [0.1, 0.15) is 0 Å². The van der Waals surface area contributed by atoms with Gasteiger partial charge in [-0.25, -0.2) is 4.98 Å². The largest absolute Gasteiger partial charge is 0.306 e. The van der Waals surface area contributed by atoms with E-state index in [4.69, 9.17) is 5.26 Å². The molecular formula is C16H11N3. The van der Waals surface area contributed by atoms with Crippen LogP contribution in [-0.4, -0.2) is 9.55 Å². The molecule has 0 aliphatic rings. The predicted octanol–water partition coefficient (Wildman–Crippen LogP) is 3.41. The minimum atomic E-state index is 0.659. The monoisotopic (exact) mass is 245 g/mol. The van der Waals surface area contributed by atoms with Gasteiger partial charge in [-0.2, -0.15) is 5.26 Å². The van der Waals surface area contributed by atoms with Gasteiger partial charge in [-0.05, 0) is 24.3 Å². The van der Waals surface area contributed by atoms with Gasteiger partial charge in [0.15, 0.2) is 0 Å². The van der Waals surface area contributed by atoms with Crippen LogP contribution in [0.3, 0.4) is 0 Å². The van der Waals surface area contributed by atoms with Crippen molar-refractivity contribution in [2.45, 2.75) is 0 Å². The van der Waals surface area contributed by atoms with Gasteiger partial charge < -0.3 is 4.57 Å². The highest BCUT2D eigenvalue weighted by Gasteiger charge is 2.02. The molecule has 90 valence electrons. The molecule has 0 unspecified atom stereocenters. The summed E-state index contributed by atoms with van der Waals surface area (Å²) in [5.41, 5.74) is 3.68. The Morgan fingerprint density at radius 2 is 1.68 bits per heavy atom. The molecule has 3 nitrogen and oxygen atoms in total. The van der Waals surface area contributed by atoms with Gasteiger partial charge in [-0.1, -0.05) is 30.3 Å². The summed E-state index contributed by atoms with van der Waals surface area (Å²) in [5, 5.41) is 8.78. The highest BCUT2D eigenvalue weighted by molar-refractivity contribution is 5.58. The summed E-state index contributed by atoms with van der Waals surface area (Å²) >= 11 is 0. The first-order valence-electron chi connectivity index (χ1n) is 5.97. The Kier molecular flexibility index (Phi) is 2.83. The number of hydrogen-bond donors (Lipinski definition) is 0. The predicted molar refractivity (Wildman–Crippen MR) is 73.7 cm³/mol. The Labute approximate surface area is 111 Å². The van der Waals surface area contributed by atoms with Crippen molar-refractivity contribution in [1.82, 2.24) is 9.55 Å². The van der Waals surface area contributed by atoms with E-state index in [-0.39, 0.29) is 0 Å². The van der Waals surface area contributed by atoms with Crippen molar-refractivity contribution in [2.75, 3.05) is 0 Å². The summed E-state index contributed by atoms with van der Waals surface area (Å²) in [4.78, 5) is 4.40. The number of rotatable bonds is 2. The molecule has 0 radical (unpaired) electrons. The van der Waals surface area contributed by atoms with Gasteiger partial charge in [0.25, 0.3) is 0 Å². The number of hydrogen-bond acceptors (Lipinski definition) is 2. The van der Waals surface area contributed by atoms with E-state index in [1.54, 1.807) is 18.5 Å². The van der Waals surface area contributed by atoms with Crippen LogP contribution in [0.25, 0.3) is 16.9 Å². The van der Waals surface area contributed by atoms with E-state index in [9.17, 15) is 0 Å². The third-order valence-corrected chi connectivity index (χ3v) is 2.95. The zero-order chi connectivity index (χ0) is 13.1. The molecule has 0 atom stereocenters. The molecule has 19 heavy (non-hydrogen) atoms. The molecule has 1 heterocycles. The second-order valence-corrected chi connectivity index (χ2v) is 4.19. The summed E-state index contributed by atoms with van der Waals surface area (Å²) in [5.74, 6) is 0. The number of aromatic nitrogens is 2. The number of benzene rings is 2. The smallest absolute Gasteiger partial charge is 0.0999 e. The topological polar surface area (TPSA) is 41.6 Å². The maximum Gasteiger partial charge on any atom is 0.0999 e. The normalized spacial score (nSPS) is 10.1. The summed E-state index contributed by atoms with van der Waals surface area (Å²) < 4.78 is 1.95. The molecular weight excluding hydrogens is 234 g/mol. The van der Waals surface area contributed by atoms with Gasteiger partial charge in [0, 0.05) is 17.4 Å². The molecule has 0 saturated carbocycles. The van der Waals surface area contributed by atoms with E-state index in [0.29, 0.717) is 5.56 Å². The molecule has 0 amide bonds. The van der Waals surface area contributed by atoms with Crippen LogP contribution in [0.2, 0.25) is 0 Å². The molecule has 3 aromatic rings. The van der Waals surface area contributed by atoms with Gasteiger partial charge >= 0.3 is 0 Å². The molecule has 0 fully saturated rings. The Morgan fingerprint density at radius 1 is 0.947 bits per heavy atom. The Hall–Kier alpha value is -2.86. The average molecular weight is 245 g/mol. The molecule has 0 N–H and O–H groups in total. The fourth-order valence-corrected chi connectivity index (χ4v) is 1.93. The first-order valence-corrected chi connectivity index (χ1v) is 5.97. The van der Waals surface area contributed by atoms with Gasteiger partial charge in [0.05, 0.1) is 23.7 Å². The molecule has 0 spiro atoms. The molecule has 3 rings (SSSR count). The van der Waals surface area contributed by atoms with Crippen LogP contribution in [0.4, 0.5) is 0 Å². The van der Waals surface area contributed by atoms with E-state index < -0.39 is 0 Å². The summed E-state index contributed by atoms with van der Waals surface area (Å²) in [6.45, 7) is 0. The fraction of sp³-hybridized carbons (Fsp3) is 0. The highest BCUT2D eigenvalue weighted by atomic mass is 15.0. The Morgan fingerprint density at radius 3 is 2.37 bits per heavy atom. The Bertz CT molecular complexity index is 719. The summed E-state index contributed by atoms with van der Waals surface area (Å²) in [7, 11) is 0. The van der Waals surface area contributed by atoms with Gasteiger partial charge in [-0.15, -0.1) is 0 Å². The third kappa shape index (κ3) is 2.24. The third-order valence-electron chi connectivity index (χ3n) is 2.95. The van der Waals surface area contributed by atoms with Crippen molar-refractivity contribution in [3.8, 4) is 23.0 Å². The van der Waals surface area contributed by atoms with Gasteiger partial charge in [-0.3, -0.25) is 0 Å². The van der Waals surface area contributed by atoms with Crippen LogP contribution >= 0.6 is 0 Å². The minimum absolute atomic E-state index is 0.659. The Balaban J connectivity index is 1.95. The number of nitrogens with zero attached hydrogens (tertiary/aromatic N) is 3. The molecule has 0 aliphatic carbocycles. The summed E-state index contributed by atoms with van der Waals surface area (Å²) in [6.07, 6.45) is 3.76. The van der Waals surface area contributed by atoms with Crippen LogP contribution in [0.1, 0.15) is 5.56 Å². The lowest BCUT2D eigenvalue weighted by molar-refractivity contribution is 1.06. The van der Waals surface area contributed by atoms with Crippen LogP contribution in [-0.2, 0) is 0 Å². The first-order chi connectivity index (χ1) is 9.36. The lowest BCUT2D eigenvalue weighted by Gasteiger charge is -2.01. The highest BCUT2D eigenvalue weighted by Crippen LogP contribution is 2.18. The maximum atomic E-state index is 8.78. The van der Waals surface area contributed by atoms with E-state index in [1.165, 1.54) is 0 Å². The standard InChI is InChI=1S/C16H11N3/c17-10-13-6-8-15(9-7-13)19-11-16(18-12-19)14-4-2-1-3-5-14/h1-9,11-12H. The maximum absolute atomic E-state index is 8.78. The van der Waals surface area contributed by atoms with Crippen molar-refractivity contribution in [3.05, 3.63) is 72.7 Å². The quantitative estimate of drug-likeness (QED) is 0.694. The fourth-order valence-electron chi connectivity index (χ4n) is 1.93. The second kappa shape index (κ2) is 4.79. The molecule has 0 saturated heterocycles. The zero-order valence-corrected chi connectivity index (χ0v) is 10.2. The van der Waals surface area contributed by atoms with E-state index in [1.807, 2.05) is 53.2 Å². The van der Waals surface area contributed by atoms with Crippen LogP contribution < -0.4 is 0 Å². The lowest BCUT2D eigenvalue weighted by Crippen LogP contribution is -1.89. The van der Waals surface area contributed by atoms with Crippen LogP contribution in [0, 0.1) is 11.3 Å². The van der Waals surface area contributed by atoms with E-state index in [0.717, 1.165) is 16.9 Å². The first kappa shape index (κ1) is 11.2. The average Bonchev–Trinajstić information content (AvgIpc) is 2.98. The molecule has 0 aliphatic heterocycles. The SMILES string of the molecule is N#Cc1ccc(-n2cnc(-c3ccccc3)c2)cc1. The van der Waals surface area contributed by atoms with E-state index >= 15 is 0 Å².